The summed E-state index contributed by atoms with van der Waals surface area (Å²) in [5.41, 5.74) is 0.261. The van der Waals surface area contributed by atoms with Gasteiger partial charge in [-0.15, -0.1) is 0 Å². The van der Waals surface area contributed by atoms with Crippen LogP contribution in [0.5, 0.6) is 0 Å². The molecule has 0 radical (unpaired) electrons. The first-order valence-corrected chi connectivity index (χ1v) is 7.29. The molecule has 2 rings (SSSR count). The van der Waals surface area contributed by atoms with E-state index in [1.165, 1.54) is 18.4 Å². The Morgan fingerprint density at radius 2 is 2.05 bits per heavy atom. The summed E-state index contributed by atoms with van der Waals surface area (Å²) in [5.74, 6) is -0.134. The lowest BCUT2D eigenvalue weighted by molar-refractivity contribution is -0.122. The van der Waals surface area contributed by atoms with Crippen LogP contribution in [0.1, 0.15) is 23.0 Å². The first-order chi connectivity index (χ1) is 10.5. The fourth-order valence-corrected chi connectivity index (χ4v) is 2.25. The van der Waals surface area contributed by atoms with Gasteiger partial charge in [-0.3, -0.25) is 9.59 Å². The van der Waals surface area contributed by atoms with E-state index in [0.29, 0.717) is 10.8 Å². The molecule has 0 spiro atoms. The number of hydrogen-bond acceptors (Lipinski definition) is 3. The SMILES string of the molecule is CC(NC(=O)c1ccc(Cl)cc1Cl)C(=O)NCc1ccco1. The van der Waals surface area contributed by atoms with Crippen LogP contribution in [-0.4, -0.2) is 17.9 Å². The Bertz CT molecular complexity index is 671. The van der Waals surface area contributed by atoms with Gasteiger partial charge in [0.25, 0.3) is 5.91 Å². The Hall–Kier alpha value is -1.98. The lowest BCUT2D eigenvalue weighted by atomic mass is 10.2. The Balaban J connectivity index is 1.91. The maximum atomic E-state index is 12.1. The average molecular weight is 341 g/mol. The Morgan fingerprint density at radius 1 is 1.27 bits per heavy atom. The second-order valence-corrected chi connectivity index (χ2v) is 5.46. The first kappa shape index (κ1) is 16.4. The fourth-order valence-electron chi connectivity index (χ4n) is 1.75. The van der Waals surface area contributed by atoms with Crippen LogP contribution >= 0.6 is 23.2 Å². The summed E-state index contributed by atoms with van der Waals surface area (Å²) >= 11 is 11.7. The number of amides is 2. The molecule has 0 aliphatic heterocycles. The third kappa shape index (κ3) is 4.26. The largest absolute Gasteiger partial charge is 0.467 e. The predicted octanol–water partition coefficient (Wildman–Crippen LogP) is 3.02. The predicted molar refractivity (Wildman–Crippen MR) is 83.9 cm³/mol. The summed E-state index contributed by atoms with van der Waals surface area (Å²) in [6.07, 6.45) is 1.52. The normalized spacial score (nSPS) is 11.8. The zero-order valence-corrected chi connectivity index (χ0v) is 13.2. The maximum absolute atomic E-state index is 12.1. The fraction of sp³-hybridized carbons (Fsp3) is 0.200. The van der Waals surface area contributed by atoms with E-state index in [1.54, 1.807) is 25.1 Å². The van der Waals surface area contributed by atoms with Crippen molar-refractivity contribution in [3.8, 4) is 0 Å². The van der Waals surface area contributed by atoms with Crippen LogP contribution < -0.4 is 10.6 Å². The molecule has 7 heteroatoms. The van der Waals surface area contributed by atoms with E-state index in [-0.39, 0.29) is 23.0 Å². The van der Waals surface area contributed by atoms with Crippen molar-refractivity contribution in [1.82, 2.24) is 10.6 Å². The van der Waals surface area contributed by atoms with Gasteiger partial charge in [0.2, 0.25) is 5.91 Å². The Kier molecular flexibility index (Phi) is 5.46. The zero-order valence-electron chi connectivity index (χ0n) is 11.7. The zero-order chi connectivity index (χ0) is 16.1. The molecule has 0 saturated heterocycles. The highest BCUT2D eigenvalue weighted by atomic mass is 35.5. The van der Waals surface area contributed by atoms with Crippen LogP contribution in [0.2, 0.25) is 10.0 Å². The van der Waals surface area contributed by atoms with Crippen molar-refractivity contribution in [1.29, 1.82) is 0 Å². The number of benzene rings is 1. The lowest BCUT2D eigenvalue weighted by Crippen LogP contribution is -2.44. The minimum atomic E-state index is -0.714. The molecule has 5 nitrogen and oxygen atoms in total. The molecule has 1 atom stereocenters. The topological polar surface area (TPSA) is 71.3 Å². The third-order valence-corrected chi connectivity index (χ3v) is 3.48. The van der Waals surface area contributed by atoms with Gasteiger partial charge in [-0.25, -0.2) is 0 Å². The number of nitrogens with one attached hydrogen (secondary N) is 2. The van der Waals surface area contributed by atoms with Crippen molar-refractivity contribution >= 4 is 35.0 Å². The van der Waals surface area contributed by atoms with E-state index < -0.39 is 11.9 Å². The van der Waals surface area contributed by atoms with E-state index in [0.717, 1.165) is 0 Å². The van der Waals surface area contributed by atoms with E-state index in [9.17, 15) is 9.59 Å². The molecule has 0 aliphatic carbocycles. The molecular formula is C15H14Cl2N2O3. The molecule has 2 amide bonds. The molecular weight excluding hydrogens is 327 g/mol. The second kappa shape index (κ2) is 7.33. The minimum Gasteiger partial charge on any atom is -0.467 e. The highest BCUT2D eigenvalue weighted by molar-refractivity contribution is 6.36. The number of carbonyl (C=O) groups excluding carboxylic acids is 2. The highest BCUT2D eigenvalue weighted by Gasteiger charge is 2.18. The number of furan rings is 1. The third-order valence-electron chi connectivity index (χ3n) is 2.93. The van der Waals surface area contributed by atoms with Crippen molar-refractivity contribution in [2.75, 3.05) is 0 Å². The smallest absolute Gasteiger partial charge is 0.253 e. The quantitative estimate of drug-likeness (QED) is 0.878. The van der Waals surface area contributed by atoms with E-state index in [4.69, 9.17) is 27.6 Å². The van der Waals surface area contributed by atoms with Gasteiger partial charge >= 0.3 is 0 Å². The molecule has 0 saturated carbocycles. The van der Waals surface area contributed by atoms with Crippen LogP contribution in [0.3, 0.4) is 0 Å². The number of halogens is 2. The van der Waals surface area contributed by atoms with Crippen molar-refractivity contribution in [2.45, 2.75) is 19.5 Å². The second-order valence-electron chi connectivity index (χ2n) is 4.62. The van der Waals surface area contributed by atoms with Gasteiger partial charge in [-0.05, 0) is 37.3 Å². The summed E-state index contributed by atoms with van der Waals surface area (Å²) in [4.78, 5) is 24.0. The Morgan fingerprint density at radius 3 is 2.68 bits per heavy atom. The summed E-state index contributed by atoms with van der Waals surface area (Å²) in [5, 5.41) is 5.91. The van der Waals surface area contributed by atoms with Crippen molar-refractivity contribution in [3.63, 3.8) is 0 Å². The van der Waals surface area contributed by atoms with Gasteiger partial charge in [0.1, 0.15) is 11.8 Å². The van der Waals surface area contributed by atoms with E-state index in [2.05, 4.69) is 10.6 Å². The summed E-state index contributed by atoms with van der Waals surface area (Å²) < 4.78 is 5.11. The molecule has 22 heavy (non-hydrogen) atoms. The van der Waals surface area contributed by atoms with Crippen LogP contribution in [0.25, 0.3) is 0 Å². The molecule has 2 N–H and O–H groups in total. The van der Waals surface area contributed by atoms with Crippen LogP contribution in [0.4, 0.5) is 0 Å². The Labute approximate surface area is 137 Å². The van der Waals surface area contributed by atoms with Gasteiger partial charge in [0.05, 0.1) is 23.4 Å². The van der Waals surface area contributed by atoms with Crippen LogP contribution in [-0.2, 0) is 11.3 Å². The standard InChI is InChI=1S/C15H14Cl2N2O3/c1-9(14(20)18-8-11-3-2-6-22-11)19-15(21)12-5-4-10(16)7-13(12)17/h2-7,9H,8H2,1H3,(H,18,20)(H,19,21). The first-order valence-electron chi connectivity index (χ1n) is 6.53. The van der Waals surface area contributed by atoms with Crippen molar-refractivity contribution in [3.05, 3.63) is 58.0 Å². The minimum absolute atomic E-state index is 0.230. The molecule has 0 fully saturated rings. The lowest BCUT2D eigenvalue weighted by Gasteiger charge is -2.14. The summed E-state index contributed by atoms with van der Waals surface area (Å²) in [6.45, 7) is 1.84. The summed E-state index contributed by atoms with van der Waals surface area (Å²) in [6, 6.07) is 7.30. The van der Waals surface area contributed by atoms with Gasteiger partial charge in [-0.2, -0.15) is 0 Å². The number of carbonyl (C=O) groups is 2. The molecule has 1 heterocycles. The van der Waals surface area contributed by atoms with E-state index in [1.807, 2.05) is 0 Å². The molecule has 116 valence electrons. The average Bonchev–Trinajstić information content (AvgIpc) is 2.97. The van der Waals surface area contributed by atoms with Crippen molar-refractivity contribution < 1.29 is 14.0 Å². The van der Waals surface area contributed by atoms with Crippen LogP contribution in [0, 0.1) is 0 Å². The molecule has 1 unspecified atom stereocenters. The summed E-state index contributed by atoms with van der Waals surface area (Å²) in [7, 11) is 0. The maximum Gasteiger partial charge on any atom is 0.253 e. The number of hydrogen-bond donors (Lipinski definition) is 2. The van der Waals surface area contributed by atoms with E-state index >= 15 is 0 Å². The molecule has 2 aromatic rings. The van der Waals surface area contributed by atoms with Crippen molar-refractivity contribution in [2.24, 2.45) is 0 Å². The van der Waals surface area contributed by atoms with Gasteiger partial charge in [0, 0.05) is 5.02 Å². The monoisotopic (exact) mass is 340 g/mol. The van der Waals surface area contributed by atoms with Gasteiger partial charge in [-0.1, -0.05) is 23.2 Å². The van der Waals surface area contributed by atoms with Gasteiger partial charge < -0.3 is 15.1 Å². The molecule has 0 bridgehead atoms. The van der Waals surface area contributed by atoms with Crippen LogP contribution in [0.15, 0.2) is 41.0 Å². The highest BCUT2D eigenvalue weighted by Crippen LogP contribution is 2.20. The molecule has 1 aromatic carbocycles. The number of rotatable bonds is 5. The van der Waals surface area contributed by atoms with Gasteiger partial charge in [0.15, 0.2) is 0 Å². The molecule has 0 aliphatic rings. The molecule has 1 aromatic heterocycles.